The lowest BCUT2D eigenvalue weighted by molar-refractivity contribution is 0.100. The van der Waals surface area contributed by atoms with Gasteiger partial charge in [-0.1, -0.05) is 6.07 Å². The van der Waals surface area contributed by atoms with E-state index in [1.165, 1.54) is 6.42 Å². The zero-order valence-electron chi connectivity index (χ0n) is 13.0. The summed E-state index contributed by atoms with van der Waals surface area (Å²) in [4.78, 5) is 16.5. The summed E-state index contributed by atoms with van der Waals surface area (Å²) in [6.45, 7) is 0.845. The second kappa shape index (κ2) is 5.04. The van der Waals surface area contributed by atoms with E-state index in [0.717, 1.165) is 41.0 Å². The first-order valence-electron chi connectivity index (χ1n) is 8.20. The monoisotopic (exact) mass is 339 g/mol. The zero-order valence-corrected chi connectivity index (χ0v) is 13.8. The lowest BCUT2D eigenvalue weighted by Gasteiger charge is -2.14. The molecule has 7 heteroatoms. The highest BCUT2D eigenvalue weighted by molar-refractivity contribution is 7.16. The lowest BCUT2D eigenvalue weighted by atomic mass is 10.1. The number of nitrogens with two attached hydrogens (primary N) is 1. The molecule has 122 valence electrons. The van der Waals surface area contributed by atoms with Crippen LogP contribution in [0.15, 0.2) is 23.7 Å². The van der Waals surface area contributed by atoms with E-state index >= 15 is 0 Å². The molecule has 3 aromatic rings. The minimum Gasteiger partial charge on any atom is -0.367 e. The number of benzene rings is 1. The van der Waals surface area contributed by atoms with Gasteiger partial charge in [-0.15, -0.1) is 11.3 Å². The van der Waals surface area contributed by atoms with E-state index in [2.05, 4.69) is 10.3 Å². The lowest BCUT2D eigenvalue weighted by Crippen LogP contribution is -2.20. The summed E-state index contributed by atoms with van der Waals surface area (Å²) in [6, 6.07) is 6.41. The van der Waals surface area contributed by atoms with Crippen molar-refractivity contribution in [1.29, 1.82) is 0 Å². The SMILES string of the molecule is NC(=O)c1c(-c2ccc3scnc3c2)nn2c1N[C@@H]1CC[C@@H](C1)C2. The Labute approximate surface area is 142 Å². The summed E-state index contributed by atoms with van der Waals surface area (Å²) < 4.78 is 3.06. The third kappa shape index (κ3) is 2.04. The maximum atomic E-state index is 12.2. The summed E-state index contributed by atoms with van der Waals surface area (Å²) >= 11 is 1.60. The predicted molar refractivity (Wildman–Crippen MR) is 94.1 cm³/mol. The van der Waals surface area contributed by atoms with Crippen molar-refractivity contribution in [3.63, 3.8) is 0 Å². The van der Waals surface area contributed by atoms with Gasteiger partial charge in [0.25, 0.3) is 5.91 Å². The van der Waals surface area contributed by atoms with Crippen molar-refractivity contribution < 1.29 is 4.79 Å². The molecule has 2 aliphatic rings. The molecular formula is C17H17N5OS. The van der Waals surface area contributed by atoms with Gasteiger partial charge in [0, 0.05) is 18.2 Å². The van der Waals surface area contributed by atoms with Crippen molar-refractivity contribution in [3.8, 4) is 11.3 Å². The Balaban J connectivity index is 1.69. The summed E-state index contributed by atoms with van der Waals surface area (Å²) in [6.07, 6.45) is 3.50. The molecule has 3 N–H and O–H groups in total. The molecule has 1 amide bonds. The maximum Gasteiger partial charge on any atom is 0.254 e. The molecule has 1 aliphatic carbocycles. The topological polar surface area (TPSA) is 85.8 Å². The van der Waals surface area contributed by atoms with E-state index < -0.39 is 5.91 Å². The fourth-order valence-corrected chi connectivity index (χ4v) is 4.65. The van der Waals surface area contributed by atoms with E-state index in [1.54, 1.807) is 11.3 Å². The number of rotatable bonds is 2. The minimum absolute atomic E-state index is 0.417. The third-order valence-corrected chi connectivity index (χ3v) is 5.93. The number of carbonyl (C=O) groups excluding carboxylic acids is 1. The van der Waals surface area contributed by atoms with Crippen molar-refractivity contribution in [2.45, 2.75) is 31.8 Å². The normalized spacial score (nSPS) is 22.2. The summed E-state index contributed by atoms with van der Waals surface area (Å²) in [5.74, 6) is 0.969. The number of amides is 1. The Hall–Kier alpha value is -2.41. The smallest absolute Gasteiger partial charge is 0.254 e. The molecular weight excluding hydrogens is 322 g/mol. The molecule has 1 fully saturated rings. The molecule has 1 aliphatic heterocycles. The second-order valence-electron chi connectivity index (χ2n) is 6.67. The first-order valence-corrected chi connectivity index (χ1v) is 9.08. The predicted octanol–water partition coefficient (Wildman–Crippen LogP) is 2.85. The first kappa shape index (κ1) is 14.0. The number of carbonyl (C=O) groups is 1. The van der Waals surface area contributed by atoms with Crippen LogP contribution in [-0.4, -0.2) is 26.7 Å². The highest BCUT2D eigenvalue weighted by atomic mass is 32.1. The molecule has 3 heterocycles. The number of fused-ring (bicyclic) bond motifs is 4. The van der Waals surface area contributed by atoms with Gasteiger partial charge in [-0.2, -0.15) is 5.10 Å². The largest absolute Gasteiger partial charge is 0.367 e. The summed E-state index contributed by atoms with van der Waals surface area (Å²) in [5.41, 5.74) is 10.5. The van der Waals surface area contributed by atoms with Gasteiger partial charge in [0.15, 0.2) is 0 Å². The van der Waals surface area contributed by atoms with E-state index in [-0.39, 0.29) is 0 Å². The quantitative estimate of drug-likeness (QED) is 0.752. The summed E-state index contributed by atoms with van der Waals surface area (Å²) in [7, 11) is 0. The molecule has 0 unspecified atom stereocenters. The van der Waals surface area contributed by atoms with E-state index in [1.807, 2.05) is 28.4 Å². The van der Waals surface area contributed by atoms with Gasteiger partial charge in [-0.05, 0) is 37.3 Å². The summed E-state index contributed by atoms with van der Waals surface area (Å²) in [5, 5.41) is 8.25. The molecule has 0 radical (unpaired) electrons. The van der Waals surface area contributed by atoms with Crippen LogP contribution in [0.1, 0.15) is 29.6 Å². The first-order chi connectivity index (χ1) is 11.7. The van der Waals surface area contributed by atoms with Crippen molar-refractivity contribution in [2.75, 3.05) is 5.32 Å². The van der Waals surface area contributed by atoms with Crippen LogP contribution in [0.3, 0.4) is 0 Å². The molecule has 0 saturated heterocycles. The van der Waals surface area contributed by atoms with E-state index in [0.29, 0.717) is 23.2 Å². The number of hydrogen-bond acceptors (Lipinski definition) is 5. The van der Waals surface area contributed by atoms with Crippen molar-refractivity contribution in [3.05, 3.63) is 29.3 Å². The van der Waals surface area contributed by atoms with Crippen LogP contribution in [0.2, 0.25) is 0 Å². The highest BCUT2D eigenvalue weighted by Gasteiger charge is 2.33. The molecule has 6 nitrogen and oxygen atoms in total. The highest BCUT2D eigenvalue weighted by Crippen LogP contribution is 2.38. The van der Waals surface area contributed by atoms with Crippen LogP contribution < -0.4 is 11.1 Å². The Morgan fingerprint density at radius 2 is 2.29 bits per heavy atom. The Morgan fingerprint density at radius 1 is 1.38 bits per heavy atom. The number of thiazole rings is 1. The molecule has 1 aromatic carbocycles. The van der Waals surface area contributed by atoms with Gasteiger partial charge in [-0.3, -0.25) is 4.79 Å². The molecule has 24 heavy (non-hydrogen) atoms. The number of aromatic nitrogens is 3. The number of nitrogens with zero attached hydrogens (tertiary/aromatic N) is 3. The van der Waals surface area contributed by atoms with Gasteiger partial charge in [0.2, 0.25) is 0 Å². The van der Waals surface area contributed by atoms with Gasteiger partial charge < -0.3 is 11.1 Å². The number of nitrogens with one attached hydrogen (secondary N) is 1. The minimum atomic E-state index is -0.435. The average molecular weight is 339 g/mol. The fourth-order valence-electron chi connectivity index (χ4n) is 3.99. The third-order valence-electron chi connectivity index (χ3n) is 5.12. The molecule has 1 saturated carbocycles. The molecule has 0 spiro atoms. The van der Waals surface area contributed by atoms with Crippen LogP contribution in [-0.2, 0) is 6.54 Å². The van der Waals surface area contributed by atoms with Crippen LogP contribution in [0, 0.1) is 5.92 Å². The van der Waals surface area contributed by atoms with Crippen LogP contribution in [0.25, 0.3) is 21.5 Å². The van der Waals surface area contributed by atoms with Crippen molar-refractivity contribution in [1.82, 2.24) is 14.8 Å². The number of anilines is 1. The second-order valence-corrected chi connectivity index (χ2v) is 7.56. The number of hydrogen-bond donors (Lipinski definition) is 2. The Morgan fingerprint density at radius 3 is 3.17 bits per heavy atom. The van der Waals surface area contributed by atoms with Crippen LogP contribution >= 0.6 is 11.3 Å². The van der Waals surface area contributed by atoms with Gasteiger partial charge >= 0.3 is 0 Å². The van der Waals surface area contributed by atoms with E-state index in [9.17, 15) is 4.79 Å². The molecule has 2 bridgehead atoms. The van der Waals surface area contributed by atoms with E-state index in [4.69, 9.17) is 10.8 Å². The Kier molecular flexibility index (Phi) is 2.94. The van der Waals surface area contributed by atoms with Crippen LogP contribution in [0.5, 0.6) is 0 Å². The van der Waals surface area contributed by atoms with Crippen molar-refractivity contribution in [2.24, 2.45) is 11.7 Å². The molecule has 5 rings (SSSR count). The molecule has 2 atom stereocenters. The zero-order chi connectivity index (χ0) is 16.3. The van der Waals surface area contributed by atoms with Gasteiger partial charge in [0.1, 0.15) is 17.1 Å². The van der Waals surface area contributed by atoms with Crippen LogP contribution in [0.4, 0.5) is 5.82 Å². The van der Waals surface area contributed by atoms with Gasteiger partial charge in [0.05, 0.1) is 15.7 Å². The molecule has 2 aromatic heterocycles. The maximum absolute atomic E-state index is 12.2. The van der Waals surface area contributed by atoms with Crippen molar-refractivity contribution >= 4 is 33.3 Å². The fraction of sp³-hybridized carbons (Fsp3) is 0.353. The van der Waals surface area contributed by atoms with Gasteiger partial charge in [-0.25, -0.2) is 9.67 Å². The standard InChI is InChI=1S/C17H17N5OS/c18-16(23)14-15(10-2-4-13-12(6-10)19-8-24-13)21-22-7-9-1-3-11(5-9)20-17(14)22/h2,4,6,8-9,11,20H,1,3,5,7H2,(H2,18,23)/t9-,11+/m0/s1. The Bertz CT molecular complexity index is 959. The average Bonchev–Trinajstić information content (AvgIpc) is 3.23. The number of primary amides is 1.